The summed E-state index contributed by atoms with van der Waals surface area (Å²) in [5, 5.41) is 3.99. The lowest BCUT2D eigenvalue weighted by atomic mass is 10.1. The van der Waals surface area contributed by atoms with Gasteiger partial charge in [0.15, 0.2) is 5.82 Å². The zero-order chi connectivity index (χ0) is 15.7. The molecule has 0 spiro atoms. The first-order valence-corrected chi connectivity index (χ1v) is 7.72. The van der Waals surface area contributed by atoms with Crippen LogP contribution < -0.4 is 0 Å². The van der Waals surface area contributed by atoms with Gasteiger partial charge in [0.25, 0.3) is 0 Å². The van der Waals surface area contributed by atoms with Crippen molar-refractivity contribution in [1.29, 1.82) is 0 Å². The van der Waals surface area contributed by atoms with Crippen molar-refractivity contribution < 1.29 is 9.26 Å². The summed E-state index contributed by atoms with van der Waals surface area (Å²) >= 11 is 0. The molecule has 3 rings (SSSR count). The van der Waals surface area contributed by atoms with Crippen LogP contribution in [-0.2, 0) is 30.6 Å². The average molecular weight is 309 g/mol. The van der Waals surface area contributed by atoms with Crippen molar-refractivity contribution >= 4 is 0 Å². The molecule has 23 heavy (non-hydrogen) atoms. The average Bonchev–Trinajstić information content (AvgIpc) is 3.07. The lowest BCUT2D eigenvalue weighted by Crippen LogP contribution is -2.01. The molecular weight excluding hydrogens is 290 g/mol. The normalized spacial score (nSPS) is 10.8. The molecule has 118 valence electrons. The molecule has 2 heterocycles. The molecule has 1 aromatic carbocycles. The lowest BCUT2D eigenvalue weighted by Gasteiger charge is -2.01. The van der Waals surface area contributed by atoms with Crippen LogP contribution in [0.25, 0.3) is 0 Å². The van der Waals surface area contributed by atoms with Gasteiger partial charge in [-0.25, -0.2) is 0 Å². The first-order valence-electron chi connectivity index (χ1n) is 7.72. The van der Waals surface area contributed by atoms with Gasteiger partial charge in [0.1, 0.15) is 0 Å². The Bertz CT molecular complexity index is 699. The summed E-state index contributed by atoms with van der Waals surface area (Å²) in [6, 6.07) is 14.1. The topological polar surface area (TPSA) is 61.0 Å². The molecule has 5 nitrogen and oxygen atoms in total. The molecule has 2 aromatic heterocycles. The first-order chi connectivity index (χ1) is 11.4. The number of aromatic nitrogens is 3. The first kappa shape index (κ1) is 15.4. The van der Waals surface area contributed by atoms with Gasteiger partial charge >= 0.3 is 0 Å². The van der Waals surface area contributed by atoms with Crippen molar-refractivity contribution in [3.63, 3.8) is 0 Å². The number of ether oxygens (including phenoxy) is 1. The quantitative estimate of drug-likeness (QED) is 0.599. The molecule has 0 atom stereocenters. The van der Waals surface area contributed by atoms with Crippen molar-refractivity contribution in [2.75, 3.05) is 6.61 Å². The zero-order valence-electron chi connectivity index (χ0n) is 12.9. The molecule has 0 aliphatic carbocycles. The van der Waals surface area contributed by atoms with E-state index in [0.29, 0.717) is 31.3 Å². The van der Waals surface area contributed by atoms with E-state index in [2.05, 4.69) is 15.1 Å². The van der Waals surface area contributed by atoms with E-state index in [4.69, 9.17) is 9.26 Å². The van der Waals surface area contributed by atoms with Gasteiger partial charge in [0, 0.05) is 25.2 Å². The predicted molar refractivity (Wildman–Crippen MR) is 85.7 cm³/mol. The third-order valence-electron chi connectivity index (χ3n) is 3.47. The molecule has 0 aliphatic heterocycles. The van der Waals surface area contributed by atoms with E-state index >= 15 is 0 Å². The molecule has 0 bridgehead atoms. The van der Waals surface area contributed by atoms with E-state index in [0.717, 1.165) is 12.8 Å². The van der Waals surface area contributed by atoms with Crippen LogP contribution in [0.1, 0.15) is 22.8 Å². The Balaban J connectivity index is 1.39. The highest BCUT2D eigenvalue weighted by Gasteiger charge is 2.06. The van der Waals surface area contributed by atoms with Gasteiger partial charge < -0.3 is 9.26 Å². The van der Waals surface area contributed by atoms with Crippen molar-refractivity contribution in [1.82, 2.24) is 15.1 Å². The van der Waals surface area contributed by atoms with Gasteiger partial charge in [-0.1, -0.05) is 35.5 Å². The van der Waals surface area contributed by atoms with Crippen LogP contribution >= 0.6 is 0 Å². The second kappa shape index (κ2) is 8.19. The van der Waals surface area contributed by atoms with E-state index in [1.807, 2.05) is 42.5 Å². The summed E-state index contributed by atoms with van der Waals surface area (Å²) in [7, 11) is 0. The zero-order valence-corrected chi connectivity index (χ0v) is 12.9. The highest BCUT2D eigenvalue weighted by molar-refractivity contribution is 5.13. The van der Waals surface area contributed by atoms with Gasteiger partial charge in [-0.15, -0.1) is 0 Å². The summed E-state index contributed by atoms with van der Waals surface area (Å²) in [5.41, 5.74) is 2.38. The van der Waals surface area contributed by atoms with Gasteiger partial charge in [-0.3, -0.25) is 4.98 Å². The van der Waals surface area contributed by atoms with Gasteiger partial charge in [-0.05, 0) is 29.7 Å². The van der Waals surface area contributed by atoms with Crippen LogP contribution in [0, 0.1) is 0 Å². The largest absolute Gasteiger partial charge is 0.376 e. The highest BCUT2D eigenvalue weighted by atomic mass is 16.5. The standard InChI is InChI=1S/C18H19N3O2/c1-2-4-16(5-3-1)14-22-13-10-17-20-18(23-21-17)7-6-15-8-11-19-12-9-15/h1-5,8-9,11-12H,6-7,10,13-14H2. The molecule has 0 unspecified atom stereocenters. The number of pyridine rings is 1. The van der Waals surface area contributed by atoms with Gasteiger partial charge in [-0.2, -0.15) is 4.98 Å². The summed E-state index contributed by atoms with van der Waals surface area (Å²) in [6.07, 6.45) is 5.85. The molecule has 5 heteroatoms. The van der Waals surface area contributed by atoms with Crippen LogP contribution in [0.5, 0.6) is 0 Å². The van der Waals surface area contributed by atoms with E-state index in [1.54, 1.807) is 12.4 Å². The van der Waals surface area contributed by atoms with Crippen molar-refractivity contribution in [2.45, 2.75) is 25.9 Å². The number of rotatable bonds is 8. The van der Waals surface area contributed by atoms with Gasteiger partial charge in [0.2, 0.25) is 5.89 Å². The van der Waals surface area contributed by atoms with E-state index in [-0.39, 0.29) is 0 Å². The summed E-state index contributed by atoms with van der Waals surface area (Å²) in [6.45, 7) is 1.19. The minimum atomic E-state index is 0.582. The van der Waals surface area contributed by atoms with E-state index in [1.165, 1.54) is 11.1 Å². The monoisotopic (exact) mass is 309 g/mol. The number of hydrogen-bond acceptors (Lipinski definition) is 5. The third kappa shape index (κ3) is 5.00. The molecule has 0 fully saturated rings. The Morgan fingerprint density at radius 2 is 1.70 bits per heavy atom. The Morgan fingerprint density at radius 1 is 0.870 bits per heavy atom. The molecule has 0 amide bonds. The molecule has 0 radical (unpaired) electrons. The van der Waals surface area contributed by atoms with Gasteiger partial charge in [0.05, 0.1) is 13.2 Å². The molecule has 0 saturated carbocycles. The van der Waals surface area contributed by atoms with Crippen LogP contribution in [-0.4, -0.2) is 21.7 Å². The molecule has 0 aliphatic rings. The van der Waals surface area contributed by atoms with Crippen LogP contribution in [0.4, 0.5) is 0 Å². The number of hydrogen-bond donors (Lipinski definition) is 0. The summed E-state index contributed by atoms with van der Waals surface area (Å²) in [5.74, 6) is 1.36. The Kier molecular flexibility index (Phi) is 5.48. The molecule has 0 N–H and O–H groups in total. The van der Waals surface area contributed by atoms with Crippen LogP contribution in [0.15, 0.2) is 59.4 Å². The minimum absolute atomic E-state index is 0.582. The van der Waals surface area contributed by atoms with Crippen molar-refractivity contribution in [3.05, 3.63) is 77.7 Å². The summed E-state index contributed by atoms with van der Waals surface area (Å²) in [4.78, 5) is 8.40. The fourth-order valence-electron chi connectivity index (χ4n) is 2.22. The minimum Gasteiger partial charge on any atom is -0.376 e. The molecule has 0 saturated heterocycles. The Morgan fingerprint density at radius 3 is 2.52 bits per heavy atom. The van der Waals surface area contributed by atoms with Crippen molar-refractivity contribution in [2.24, 2.45) is 0 Å². The van der Waals surface area contributed by atoms with Crippen molar-refractivity contribution in [3.8, 4) is 0 Å². The smallest absolute Gasteiger partial charge is 0.226 e. The second-order valence-electron chi connectivity index (χ2n) is 5.25. The number of nitrogens with zero attached hydrogens (tertiary/aromatic N) is 3. The maximum absolute atomic E-state index is 5.63. The Labute approximate surface area is 135 Å². The number of benzene rings is 1. The predicted octanol–water partition coefficient (Wildman–Crippen LogP) is 3.01. The SMILES string of the molecule is c1ccc(COCCc2noc(CCc3ccncc3)n2)cc1. The Hall–Kier alpha value is -2.53. The fraction of sp³-hybridized carbons (Fsp3) is 0.278. The van der Waals surface area contributed by atoms with E-state index in [9.17, 15) is 0 Å². The fourth-order valence-corrected chi connectivity index (χ4v) is 2.22. The van der Waals surface area contributed by atoms with Crippen LogP contribution in [0.3, 0.4) is 0 Å². The van der Waals surface area contributed by atoms with E-state index < -0.39 is 0 Å². The molecular formula is C18H19N3O2. The highest BCUT2D eigenvalue weighted by Crippen LogP contribution is 2.06. The summed E-state index contributed by atoms with van der Waals surface area (Å²) < 4.78 is 10.9. The van der Waals surface area contributed by atoms with Crippen LogP contribution in [0.2, 0.25) is 0 Å². The maximum Gasteiger partial charge on any atom is 0.226 e. The lowest BCUT2D eigenvalue weighted by molar-refractivity contribution is 0.122. The third-order valence-corrected chi connectivity index (χ3v) is 3.47. The number of aryl methyl sites for hydroxylation is 2. The molecule has 3 aromatic rings. The maximum atomic E-state index is 5.63. The second-order valence-corrected chi connectivity index (χ2v) is 5.25.